The van der Waals surface area contributed by atoms with Gasteiger partial charge in [-0.2, -0.15) is 0 Å². The fourth-order valence-electron chi connectivity index (χ4n) is 0.812. The SMILES string of the molecule is CCNc1[nH]c(=O)[nH]c(=O)c1N. The molecule has 0 bridgehead atoms. The van der Waals surface area contributed by atoms with Crippen molar-refractivity contribution in [3.05, 3.63) is 20.8 Å². The third-order valence-corrected chi connectivity index (χ3v) is 1.33. The van der Waals surface area contributed by atoms with Crippen LogP contribution in [0.2, 0.25) is 0 Å². The van der Waals surface area contributed by atoms with Crippen molar-refractivity contribution in [2.75, 3.05) is 17.6 Å². The van der Waals surface area contributed by atoms with Gasteiger partial charge in [0.2, 0.25) is 0 Å². The number of nitrogen functional groups attached to an aromatic ring is 1. The van der Waals surface area contributed by atoms with Crippen LogP contribution in [0.25, 0.3) is 0 Å². The van der Waals surface area contributed by atoms with Gasteiger partial charge in [-0.25, -0.2) is 4.79 Å². The molecule has 0 saturated carbocycles. The van der Waals surface area contributed by atoms with E-state index in [2.05, 4.69) is 10.3 Å². The van der Waals surface area contributed by atoms with E-state index < -0.39 is 11.2 Å². The van der Waals surface area contributed by atoms with Gasteiger partial charge in [-0.15, -0.1) is 0 Å². The maximum absolute atomic E-state index is 10.9. The van der Waals surface area contributed by atoms with Crippen LogP contribution in [0.3, 0.4) is 0 Å². The van der Waals surface area contributed by atoms with E-state index in [1.807, 2.05) is 11.9 Å². The minimum Gasteiger partial charge on any atom is -0.391 e. The Morgan fingerprint density at radius 2 is 2.08 bits per heavy atom. The Labute approximate surface area is 67.8 Å². The zero-order valence-electron chi connectivity index (χ0n) is 6.60. The molecule has 1 heterocycles. The van der Waals surface area contributed by atoms with Gasteiger partial charge in [0.1, 0.15) is 11.5 Å². The van der Waals surface area contributed by atoms with E-state index in [0.29, 0.717) is 6.54 Å². The first-order chi connectivity index (χ1) is 5.65. The van der Waals surface area contributed by atoms with Crippen LogP contribution < -0.4 is 22.3 Å². The summed E-state index contributed by atoms with van der Waals surface area (Å²) in [5, 5.41) is 2.76. The molecule has 0 aliphatic carbocycles. The molecule has 0 aliphatic heterocycles. The summed E-state index contributed by atoms with van der Waals surface area (Å²) in [4.78, 5) is 26.0. The molecule has 0 aliphatic rings. The molecular weight excluding hydrogens is 160 g/mol. The first-order valence-corrected chi connectivity index (χ1v) is 3.51. The molecule has 1 aromatic heterocycles. The highest BCUT2D eigenvalue weighted by atomic mass is 16.2. The normalized spacial score (nSPS) is 9.75. The zero-order chi connectivity index (χ0) is 9.14. The second-order valence-corrected chi connectivity index (χ2v) is 2.23. The number of H-pyrrole nitrogens is 2. The van der Waals surface area contributed by atoms with E-state index in [1.54, 1.807) is 0 Å². The van der Waals surface area contributed by atoms with Crippen molar-refractivity contribution in [3.63, 3.8) is 0 Å². The molecule has 0 spiro atoms. The van der Waals surface area contributed by atoms with Crippen molar-refractivity contribution < 1.29 is 0 Å². The van der Waals surface area contributed by atoms with E-state index in [9.17, 15) is 9.59 Å². The number of hydrogen-bond acceptors (Lipinski definition) is 4. The van der Waals surface area contributed by atoms with Crippen molar-refractivity contribution >= 4 is 11.5 Å². The summed E-state index contributed by atoms with van der Waals surface area (Å²) in [5.41, 5.74) is 4.22. The quantitative estimate of drug-likeness (QED) is 0.460. The van der Waals surface area contributed by atoms with Gasteiger partial charge < -0.3 is 11.1 Å². The Bertz CT molecular complexity index is 378. The molecule has 0 fully saturated rings. The third-order valence-electron chi connectivity index (χ3n) is 1.33. The van der Waals surface area contributed by atoms with Gasteiger partial charge in [0.05, 0.1) is 0 Å². The van der Waals surface area contributed by atoms with Gasteiger partial charge >= 0.3 is 5.69 Å². The standard InChI is InChI=1S/C6H10N4O2/c1-2-8-4-3(7)5(11)10-6(12)9-4/h2,7H2,1H3,(H3,8,9,10,11,12). The molecule has 1 rings (SSSR count). The van der Waals surface area contributed by atoms with Gasteiger partial charge in [0, 0.05) is 6.54 Å². The van der Waals surface area contributed by atoms with Crippen LogP contribution in [-0.4, -0.2) is 16.5 Å². The molecule has 0 aromatic carbocycles. The second kappa shape index (κ2) is 3.12. The topological polar surface area (TPSA) is 104 Å². The van der Waals surface area contributed by atoms with E-state index in [1.165, 1.54) is 0 Å². The van der Waals surface area contributed by atoms with E-state index in [4.69, 9.17) is 5.73 Å². The van der Waals surface area contributed by atoms with Crippen LogP contribution in [-0.2, 0) is 0 Å². The molecule has 6 heteroatoms. The lowest BCUT2D eigenvalue weighted by Gasteiger charge is -2.03. The summed E-state index contributed by atoms with van der Waals surface area (Å²) in [6.45, 7) is 2.42. The second-order valence-electron chi connectivity index (χ2n) is 2.23. The third kappa shape index (κ3) is 1.47. The van der Waals surface area contributed by atoms with Gasteiger partial charge in [-0.3, -0.25) is 14.8 Å². The first-order valence-electron chi connectivity index (χ1n) is 3.51. The van der Waals surface area contributed by atoms with Crippen LogP contribution in [0, 0.1) is 0 Å². The average Bonchev–Trinajstić information content (AvgIpc) is 2.00. The largest absolute Gasteiger partial charge is 0.391 e. The van der Waals surface area contributed by atoms with Crippen molar-refractivity contribution in [1.29, 1.82) is 0 Å². The van der Waals surface area contributed by atoms with Crippen molar-refractivity contribution in [2.24, 2.45) is 0 Å². The Morgan fingerprint density at radius 3 is 2.67 bits per heavy atom. The van der Waals surface area contributed by atoms with E-state index in [0.717, 1.165) is 0 Å². The van der Waals surface area contributed by atoms with Gasteiger partial charge in [0.25, 0.3) is 5.56 Å². The van der Waals surface area contributed by atoms with Crippen molar-refractivity contribution in [1.82, 2.24) is 9.97 Å². The fourth-order valence-corrected chi connectivity index (χ4v) is 0.812. The van der Waals surface area contributed by atoms with E-state index in [-0.39, 0.29) is 11.5 Å². The summed E-state index contributed by atoms with van der Waals surface area (Å²) >= 11 is 0. The van der Waals surface area contributed by atoms with Crippen molar-refractivity contribution in [3.8, 4) is 0 Å². The molecule has 5 N–H and O–H groups in total. The molecule has 0 saturated heterocycles. The zero-order valence-corrected chi connectivity index (χ0v) is 6.60. The fraction of sp³-hybridized carbons (Fsp3) is 0.333. The number of aromatic nitrogens is 2. The van der Waals surface area contributed by atoms with Gasteiger partial charge in [0.15, 0.2) is 0 Å². The maximum atomic E-state index is 10.9. The molecule has 0 unspecified atom stereocenters. The minimum absolute atomic E-state index is 0.00329. The van der Waals surface area contributed by atoms with Crippen molar-refractivity contribution in [2.45, 2.75) is 6.92 Å². The molecular formula is C6H10N4O2. The lowest BCUT2D eigenvalue weighted by molar-refractivity contribution is 1.03. The van der Waals surface area contributed by atoms with E-state index >= 15 is 0 Å². The van der Waals surface area contributed by atoms with Crippen LogP contribution in [0.5, 0.6) is 0 Å². The maximum Gasteiger partial charge on any atom is 0.327 e. The molecule has 12 heavy (non-hydrogen) atoms. The average molecular weight is 170 g/mol. The highest BCUT2D eigenvalue weighted by Gasteiger charge is 2.02. The molecule has 6 nitrogen and oxygen atoms in total. The number of hydrogen-bond donors (Lipinski definition) is 4. The Morgan fingerprint density at radius 1 is 1.42 bits per heavy atom. The summed E-state index contributed by atoms with van der Waals surface area (Å²) < 4.78 is 0. The predicted molar refractivity (Wildman–Crippen MR) is 46.3 cm³/mol. The lowest BCUT2D eigenvalue weighted by atomic mass is 10.5. The predicted octanol–water partition coefficient (Wildman–Crippen LogP) is -0.923. The minimum atomic E-state index is -0.574. The Balaban J connectivity index is 3.28. The Kier molecular flexibility index (Phi) is 2.18. The number of rotatable bonds is 2. The van der Waals surface area contributed by atoms with Crippen LogP contribution >= 0.6 is 0 Å². The number of aromatic amines is 2. The monoisotopic (exact) mass is 170 g/mol. The summed E-state index contributed by atoms with van der Waals surface area (Å²) in [6.07, 6.45) is 0. The van der Waals surface area contributed by atoms with Crippen LogP contribution in [0.1, 0.15) is 6.92 Å². The van der Waals surface area contributed by atoms with Gasteiger partial charge in [-0.1, -0.05) is 0 Å². The highest BCUT2D eigenvalue weighted by Crippen LogP contribution is 2.03. The lowest BCUT2D eigenvalue weighted by Crippen LogP contribution is -2.26. The molecule has 0 radical (unpaired) electrons. The summed E-state index contributed by atoms with van der Waals surface area (Å²) in [5.74, 6) is 0.270. The number of nitrogens with two attached hydrogens (primary N) is 1. The molecule has 0 atom stereocenters. The summed E-state index contributed by atoms with van der Waals surface area (Å²) in [6, 6.07) is 0. The Hall–Kier alpha value is -1.72. The van der Waals surface area contributed by atoms with Crippen LogP contribution in [0.15, 0.2) is 9.59 Å². The molecule has 0 amide bonds. The highest BCUT2D eigenvalue weighted by molar-refractivity contribution is 5.58. The molecule has 1 aromatic rings. The number of anilines is 2. The summed E-state index contributed by atoms with van der Waals surface area (Å²) in [7, 11) is 0. The molecule has 66 valence electrons. The number of nitrogens with one attached hydrogen (secondary N) is 3. The first kappa shape index (κ1) is 8.38. The van der Waals surface area contributed by atoms with Crippen LogP contribution in [0.4, 0.5) is 11.5 Å². The van der Waals surface area contributed by atoms with Gasteiger partial charge in [-0.05, 0) is 6.92 Å². The smallest absolute Gasteiger partial charge is 0.327 e.